The van der Waals surface area contributed by atoms with Crippen LogP contribution in [0.4, 0.5) is 4.39 Å². The van der Waals surface area contributed by atoms with E-state index in [9.17, 15) is 4.39 Å². The van der Waals surface area contributed by atoms with Crippen LogP contribution in [0.3, 0.4) is 0 Å². The first-order valence-corrected chi connectivity index (χ1v) is 5.14. The molecule has 0 fully saturated rings. The molecular weight excluding hydrogens is 193 g/mol. The van der Waals surface area contributed by atoms with Gasteiger partial charge in [-0.2, -0.15) is 0 Å². The van der Waals surface area contributed by atoms with Crippen LogP contribution < -0.4 is 5.73 Å². The zero-order valence-electron chi connectivity index (χ0n) is 9.46. The maximum absolute atomic E-state index is 12.9. The second-order valence-electron chi connectivity index (χ2n) is 3.99. The van der Waals surface area contributed by atoms with Gasteiger partial charge in [-0.3, -0.25) is 0 Å². The van der Waals surface area contributed by atoms with Crippen LogP contribution in [0.1, 0.15) is 31.0 Å². The summed E-state index contributed by atoms with van der Waals surface area (Å²) in [5.74, 6) is -0.228. The van der Waals surface area contributed by atoms with Crippen LogP contribution in [-0.2, 0) is 4.74 Å². The van der Waals surface area contributed by atoms with Gasteiger partial charge in [-0.15, -0.1) is 0 Å². The molecule has 1 aromatic rings. The Morgan fingerprint density at radius 2 is 2.07 bits per heavy atom. The lowest BCUT2D eigenvalue weighted by Crippen LogP contribution is -2.20. The molecule has 0 aliphatic heterocycles. The van der Waals surface area contributed by atoms with Gasteiger partial charge >= 0.3 is 0 Å². The molecule has 1 aromatic carbocycles. The van der Waals surface area contributed by atoms with E-state index >= 15 is 0 Å². The number of hydrogen-bond acceptors (Lipinski definition) is 2. The molecule has 2 N–H and O–H groups in total. The summed E-state index contributed by atoms with van der Waals surface area (Å²) in [6.45, 7) is 6.24. The topological polar surface area (TPSA) is 35.2 Å². The van der Waals surface area contributed by atoms with Gasteiger partial charge in [0.1, 0.15) is 5.82 Å². The van der Waals surface area contributed by atoms with Gasteiger partial charge in [-0.05, 0) is 44.0 Å². The number of rotatable bonds is 4. The number of halogens is 1. The fourth-order valence-electron chi connectivity index (χ4n) is 1.44. The molecule has 1 atom stereocenters. The predicted molar refractivity (Wildman–Crippen MR) is 59.2 cm³/mol. The Morgan fingerprint density at radius 1 is 1.40 bits per heavy atom. The standard InChI is InChI=1S/C12H18FNO/c1-8(2)15-7-12(14)11-5-4-10(13)6-9(11)3/h4-6,8,12H,7,14H2,1-3H3. The fraction of sp³-hybridized carbons (Fsp3) is 0.500. The van der Waals surface area contributed by atoms with Crippen molar-refractivity contribution in [3.05, 3.63) is 35.1 Å². The molecule has 84 valence electrons. The molecule has 15 heavy (non-hydrogen) atoms. The molecule has 0 aliphatic carbocycles. The largest absolute Gasteiger partial charge is 0.377 e. The Bertz CT molecular complexity index is 325. The van der Waals surface area contributed by atoms with Gasteiger partial charge in [-0.1, -0.05) is 6.07 Å². The van der Waals surface area contributed by atoms with E-state index in [1.54, 1.807) is 6.07 Å². The molecule has 3 heteroatoms. The maximum Gasteiger partial charge on any atom is 0.123 e. The predicted octanol–water partition coefficient (Wildman–Crippen LogP) is 2.56. The van der Waals surface area contributed by atoms with E-state index in [1.165, 1.54) is 12.1 Å². The first kappa shape index (κ1) is 12.1. The van der Waals surface area contributed by atoms with E-state index in [2.05, 4.69) is 0 Å². The van der Waals surface area contributed by atoms with E-state index in [0.29, 0.717) is 6.61 Å². The van der Waals surface area contributed by atoms with Crippen molar-refractivity contribution in [2.45, 2.75) is 32.9 Å². The first-order valence-electron chi connectivity index (χ1n) is 5.14. The monoisotopic (exact) mass is 211 g/mol. The summed E-state index contributed by atoms with van der Waals surface area (Å²) in [6.07, 6.45) is 0.164. The lowest BCUT2D eigenvalue weighted by Gasteiger charge is -2.16. The van der Waals surface area contributed by atoms with Crippen molar-refractivity contribution in [3.8, 4) is 0 Å². The van der Waals surface area contributed by atoms with Crippen molar-refractivity contribution in [2.75, 3.05) is 6.61 Å². The minimum Gasteiger partial charge on any atom is -0.377 e. The van der Waals surface area contributed by atoms with E-state index in [1.807, 2.05) is 20.8 Å². The van der Waals surface area contributed by atoms with E-state index in [-0.39, 0.29) is 18.0 Å². The van der Waals surface area contributed by atoms with Crippen LogP contribution in [0.25, 0.3) is 0 Å². The molecule has 1 rings (SSSR count). The third-order valence-corrected chi connectivity index (χ3v) is 2.24. The fourth-order valence-corrected chi connectivity index (χ4v) is 1.44. The number of ether oxygens (including phenoxy) is 1. The van der Waals surface area contributed by atoms with Crippen LogP contribution in [-0.4, -0.2) is 12.7 Å². The molecule has 0 aliphatic rings. The zero-order chi connectivity index (χ0) is 11.4. The molecular formula is C12H18FNO. The second-order valence-corrected chi connectivity index (χ2v) is 3.99. The lowest BCUT2D eigenvalue weighted by atomic mass is 10.0. The highest BCUT2D eigenvalue weighted by atomic mass is 19.1. The number of aryl methyl sites for hydroxylation is 1. The average molecular weight is 211 g/mol. The van der Waals surface area contributed by atoms with Crippen molar-refractivity contribution in [2.24, 2.45) is 5.73 Å². The van der Waals surface area contributed by atoms with Gasteiger partial charge < -0.3 is 10.5 Å². The van der Waals surface area contributed by atoms with Crippen molar-refractivity contribution in [3.63, 3.8) is 0 Å². The summed E-state index contributed by atoms with van der Waals surface area (Å²) in [5.41, 5.74) is 7.76. The maximum atomic E-state index is 12.9. The SMILES string of the molecule is Cc1cc(F)ccc1C(N)COC(C)C. The first-order chi connectivity index (χ1) is 7.00. The highest BCUT2D eigenvalue weighted by molar-refractivity contribution is 5.29. The third-order valence-electron chi connectivity index (χ3n) is 2.24. The Morgan fingerprint density at radius 3 is 2.60 bits per heavy atom. The molecule has 0 heterocycles. The van der Waals surface area contributed by atoms with Crippen LogP contribution >= 0.6 is 0 Å². The molecule has 0 amide bonds. The Hall–Kier alpha value is -0.930. The van der Waals surface area contributed by atoms with E-state index in [4.69, 9.17) is 10.5 Å². The van der Waals surface area contributed by atoms with E-state index < -0.39 is 0 Å². The van der Waals surface area contributed by atoms with Gasteiger partial charge in [0.25, 0.3) is 0 Å². The Balaban J connectivity index is 2.69. The Labute approximate surface area is 90.2 Å². The second kappa shape index (κ2) is 5.24. The molecule has 0 radical (unpaired) electrons. The van der Waals surface area contributed by atoms with Crippen LogP contribution in [0.2, 0.25) is 0 Å². The lowest BCUT2D eigenvalue weighted by molar-refractivity contribution is 0.0682. The number of benzene rings is 1. The van der Waals surface area contributed by atoms with Crippen LogP contribution in [0, 0.1) is 12.7 Å². The van der Waals surface area contributed by atoms with Gasteiger partial charge in [0, 0.05) is 0 Å². The van der Waals surface area contributed by atoms with Crippen molar-refractivity contribution < 1.29 is 9.13 Å². The van der Waals surface area contributed by atoms with Crippen molar-refractivity contribution >= 4 is 0 Å². The molecule has 0 spiro atoms. The zero-order valence-corrected chi connectivity index (χ0v) is 9.46. The molecule has 0 aromatic heterocycles. The summed E-state index contributed by atoms with van der Waals surface area (Å²) < 4.78 is 18.3. The minimum absolute atomic E-state index is 0.164. The highest BCUT2D eigenvalue weighted by Gasteiger charge is 2.10. The molecule has 0 saturated carbocycles. The molecule has 0 bridgehead atoms. The summed E-state index contributed by atoms with van der Waals surface area (Å²) in [7, 11) is 0. The van der Waals surface area contributed by atoms with Gasteiger partial charge in [0.2, 0.25) is 0 Å². The summed E-state index contributed by atoms with van der Waals surface area (Å²) in [6, 6.07) is 4.45. The molecule has 2 nitrogen and oxygen atoms in total. The number of nitrogens with two attached hydrogens (primary N) is 1. The molecule has 1 unspecified atom stereocenters. The van der Waals surface area contributed by atoms with Crippen molar-refractivity contribution in [1.82, 2.24) is 0 Å². The highest BCUT2D eigenvalue weighted by Crippen LogP contribution is 2.17. The van der Waals surface area contributed by atoms with Crippen LogP contribution in [0.15, 0.2) is 18.2 Å². The normalized spacial score (nSPS) is 13.2. The van der Waals surface area contributed by atoms with Gasteiger partial charge in [0.05, 0.1) is 18.8 Å². The van der Waals surface area contributed by atoms with Gasteiger partial charge in [-0.25, -0.2) is 4.39 Å². The number of hydrogen-bond donors (Lipinski definition) is 1. The van der Waals surface area contributed by atoms with Gasteiger partial charge in [0.15, 0.2) is 0 Å². The van der Waals surface area contributed by atoms with E-state index in [0.717, 1.165) is 11.1 Å². The summed E-state index contributed by atoms with van der Waals surface area (Å²) in [5, 5.41) is 0. The third kappa shape index (κ3) is 3.61. The average Bonchev–Trinajstić information content (AvgIpc) is 2.14. The quantitative estimate of drug-likeness (QED) is 0.830. The minimum atomic E-state index is -0.228. The smallest absolute Gasteiger partial charge is 0.123 e. The van der Waals surface area contributed by atoms with Crippen LogP contribution in [0.5, 0.6) is 0 Å². The summed E-state index contributed by atoms with van der Waals surface area (Å²) >= 11 is 0. The molecule has 0 saturated heterocycles. The van der Waals surface area contributed by atoms with Crippen molar-refractivity contribution in [1.29, 1.82) is 0 Å². The summed E-state index contributed by atoms with van der Waals surface area (Å²) in [4.78, 5) is 0. The Kier molecular flexibility index (Phi) is 4.24.